The minimum absolute atomic E-state index is 0.0483. The number of thioether (sulfide) groups is 1. The Labute approximate surface area is 178 Å². The summed E-state index contributed by atoms with van der Waals surface area (Å²) in [6.45, 7) is 6.75. The summed E-state index contributed by atoms with van der Waals surface area (Å²) in [5.74, 6) is -0.0320. The summed E-state index contributed by atoms with van der Waals surface area (Å²) >= 11 is 2.82. The van der Waals surface area contributed by atoms with Crippen LogP contribution in [-0.2, 0) is 11.3 Å². The molecular formula is C19H29N5O3S2. The zero-order valence-electron chi connectivity index (χ0n) is 17.2. The third kappa shape index (κ3) is 6.20. The molecule has 0 atom stereocenters. The third-order valence-corrected chi connectivity index (χ3v) is 6.55. The van der Waals surface area contributed by atoms with E-state index in [1.165, 1.54) is 32.6 Å². The molecule has 8 nitrogen and oxygen atoms in total. The van der Waals surface area contributed by atoms with Gasteiger partial charge >= 0.3 is 5.69 Å². The number of nitrogens with two attached hydrogens (primary N) is 1. The number of aromatic nitrogens is 3. The van der Waals surface area contributed by atoms with Gasteiger partial charge in [-0.05, 0) is 19.8 Å². The largest absolute Gasteiger partial charge is 0.383 e. The standard InChI is InChI=1S/C19H29N5O3S2/c1-4-6-8-10-23(14(25)12-29-19-21-13(3)11-28-19)15-16(20)24(9-7-5-2)18(27)22-17(15)26/h11H,4-10,12,20H2,1-3H3,(H,22,26,27). The molecule has 1 amide bonds. The minimum Gasteiger partial charge on any atom is -0.383 e. The Kier molecular flexibility index (Phi) is 8.97. The average molecular weight is 440 g/mol. The fourth-order valence-electron chi connectivity index (χ4n) is 2.86. The molecule has 2 rings (SSSR count). The second-order valence-corrected chi connectivity index (χ2v) is 8.87. The number of rotatable bonds is 11. The second-order valence-electron chi connectivity index (χ2n) is 6.79. The highest BCUT2D eigenvalue weighted by molar-refractivity contribution is 8.01. The lowest BCUT2D eigenvalue weighted by molar-refractivity contribution is -0.116. The molecule has 10 heteroatoms. The summed E-state index contributed by atoms with van der Waals surface area (Å²) in [6.07, 6.45) is 4.28. The molecule has 0 bridgehead atoms. The summed E-state index contributed by atoms with van der Waals surface area (Å²) in [5, 5.41) is 1.93. The maximum absolute atomic E-state index is 13.0. The van der Waals surface area contributed by atoms with Crippen molar-refractivity contribution in [3.05, 3.63) is 31.9 Å². The van der Waals surface area contributed by atoms with Gasteiger partial charge in [-0.1, -0.05) is 44.9 Å². The number of H-pyrrole nitrogens is 1. The molecule has 0 unspecified atom stereocenters. The van der Waals surface area contributed by atoms with Crippen molar-refractivity contribution in [3.8, 4) is 0 Å². The first kappa shape index (κ1) is 23.2. The zero-order chi connectivity index (χ0) is 21.4. The van der Waals surface area contributed by atoms with Crippen LogP contribution in [0.5, 0.6) is 0 Å². The molecular weight excluding hydrogens is 410 g/mol. The molecule has 0 fully saturated rings. The Morgan fingerprint density at radius 1 is 1.28 bits per heavy atom. The highest BCUT2D eigenvalue weighted by Crippen LogP contribution is 2.25. The number of carbonyl (C=O) groups is 1. The van der Waals surface area contributed by atoms with Gasteiger partial charge in [0.05, 0.1) is 5.75 Å². The van der Waals surface area contributed by atoms with E-state index in [0.29, 0.717) is 13.1 Å². The highest BCUT2D eigenvalue weighted by Gasteiger charge is 2.24. The number of hydrogen-bond acceptors (Lipinski definition) is 7. The lowest BCUT2D eigenvalue weighted by Gasteiger charge is -2.24. The number of thiazole rings is 1. The summed E-state index contributed by atoms with van der Waals surface area (Å²) in [5.41, 5.74) is 6.02. The predicted octanol–water partition coefficient (Wildman–Crippen LogP) is 3.00. The molecule has 2 aromatic rings. The lowest BCUT2D eigenvalue weighted by atomic mass is 10.2. The van der Waals surface area contributed by atoms with Gasteiger partial charge in [-0.2, -0.15) is 0 Å². The number of hydrogen-bond donors (Lipinski definition) is 2. The summed E-state index contributed by atoms with van der Waals surface area (Å²) in [7, 11) is 0. The van der Waals surface area contributed by atoms with E-state index in [9.17, 15) is 14.4 Å². The molecule has 160 valence electrons. The molecule has 0 radical (unpaired) electrons. The van der Waals surface area contributed by atoms with Crippen molar-refractivity contribution in [1.82, 2.24) is 14.5 Å². The molecule has 0 aromatic carbocycles. The van der Waals surface area contributed by atoms with Gasteiger partial charge in [-0.3, -0.25) is 19.1 Å². The van der Waals surface area contributed by atoms with E-state index in [-0.39, 0.29) is 23.2 Å². The molecule has 0 spiro atoms. The molecule has 2 heterocycles. The Balaban J connectivity index is 2.33. The molecule has 0 aliphatic carbocycles. The van der Waals surface area contributed by atoms with Crippen LogP contribution in [0.1, 0.15) is 51.6 Å². The van der Waals surface area contributed by atoms with Crippen molar-refractivity contribution in [3.63, 3.8) is 0 Å². The van der Waals surface area contributed by atoms with Crippen LogP contribution < -0.4 is 21.9 Å². The fraction of sp³-hybridized carbons (Fsp3) is 0.579. The normalized spacial score (nSPS) is 11.0. The van der Waals surface area contributed by atoms with E-state index in [1.54, 1.807) is 0 Å². The van der Waals surface area contributed by atoms with Crippen molar-refractivity contribution in [2.24, 2.45) is 0 Å². The molecule has 29 heavy (non-hydrogen) atoms. The van der Waals surface area contributed by atoms with Crippen molar-refractivity contribution in [1.29, 1.82) is 0 Å². The van der Waals surface area contributed by atoms with Gasteiger partial charge in [0.2, 0.25) is 5.91 Å². The first-order valence-corrected chi connectivity index (χ1v) is 11.7. The fourth-order valence-corrected chi connectivity index (χ4v) is 4.58. The van der Waals surface area contributed by atoms with Crippen LogP contribution in [0, 0.1) is 6.92 Å². The SMILES string of the molecule is CCCCCN(C(=O)CSc1nc(C)cs1)c1c(N)n(CCCC)c(=O)[nH]c1=O. The Morgan fingerprint density at radius 2 is 2.00 bits per heavy atom. The van der Waals surface area contributed by atoms with Crippen LogP contribution in [-0.4, -0.2) is 32.7 Å². The van der Waals surface area contributed by atoms with Gasteiger partial charge in [-0.15, -0.1) is 11.3 Å². The summed E-state index contributed by atoms with van der Waals surface area (Å²) < 4.78 is 2.15. The van der Waals surface area contributed by atoms with Gasteiger partial charge < -0.3 is 10.6 Å². The maximum Gasteiger partial charge on any atom is 0.330 e. The van der Waals surface area contributed by atoms with E-state index in [0.717, 1.165) is 42.1 Å². The number of carbonyl (C=O) groups excluding carboxylic acids is 1. The number of unbranched alkanes of at least 4 members (excludes halogenated alkanes) is 3. The van der Waals surface area contributed by atoms with E-state index in [2.05, 4.69) is 16.9 Å². The van der Waals surface area contributed by atoms with E-state index < -0.39 is 11.2 Å². The number of nitrogen functional groups attached to an aromatic ring is 1. The maximum atomic E-state index is 13.0. The quantitative estimate of drug-likeness (QED) is 0.411. The molecule has 0 saturated carbocycles. The number of nitrogens with one attached hydrogen (secondary N) is 1. The van der Waals surface area contributed by atoms with Crippen LogP contribution in [0.4, 0.5) is 11.5 Å². The number of amides is 1. The predicted molar refractivity (Wildman–Crippen MR) is 120 cm³/mol. The number of aromatic amines is 1. The number of nitrogens with zero attached hydrogens (tertiary/aromatic N) is 3. The smallest absolute Gasteiger partial charge is 0.330 e. The monoisotopic (exact) mass is 439 g/mol. The molecule has 2 aromatic heterocycles. The van der Waals surface area contributed by atoms with Gasteiger partial charge in [0.15, 0.2) is 10.0 Å². The lowest BCUT2D eigenvalue weighted by Crippen LogP contribution is -2.42. The van der Waals surface area contributed by atoms with Crippen molar-refractivity contribution in [2.45, 2.75) is 63.8 Å². The van der Waals surface area contributed by atoms with E-state index >= 15 is 0 Å². The van der Waals surface area contributed by atoms with E-state index in [1.807, 2.05) is 19.2 Å². The van der Waals surface area contributed by atoms with Gasteiger partial charge in [0.1, 0.15) is 5.82 Å². The number of anilines is 2. The average Bonchev–Trinajstić information content (AvgIpc) is 3.10. The number of aryl methyl sites for hydroxylation is 1. The van der Waals surface area contributed by atoms with Crippen LogP contribution in [0.3, 0.4) is 0 Å². The van der Waals surface area contributed by atoms with Crippen LogP contribution in [0.2, 0.25) is 0 Å². The van der Waals surface area contributed by atoms with Gasteiger partial charge in [0, 0.05) is 24.2 Å². The van der Waals surface area contributed by atoms with Crippen molar-refractivity contribution >= 4 is 40.5 Å². The van der Waals surface area contributed by atoms with Gasteiger partial charge in [0.25, 0.3) is 5.56 Å². The van der Waals surface area contributed by atoms with Gasteiger partial charge in [-0.25, -0.2) is 9.78 Å². The first-order chi connectivity index (χ1) is 13.9. The summed E-state index contributed by atoms with van der Waals surface area (Å²) in [6, 6.07) is 0. The Morgan fingerprint density at radius 3 is 2.62 bits per heavy atom. The minimum atomic E-state index is -0.625. The third-order valence-electron chi connectivity index (χ3n) is 4.42. The van der Waals surface area contributed by atoms with Crippen LogP contribution in [0.15, 0.2) is 19.3 Å². The first-order valence-electron chi connectivity index (χ1n) is 9.86. The van der Waals surface area contributed by atoms with E-state index in [4.69, 9.17) is 5.73 Å². The highest BCUT2D eigenvalue weighted by atomic mass is 32.2. The molecule has 3 N–H and O–H groups in total. The Hall–Kier alpha value is -2.07. The Bertz CT molecular complexity index is 935. The van der Waals surface area contributed by atoms with Crippen LogP contribution in [0.25, 0.3) is 0 Å². The molecule has 0 aliphatic rings. The molecule has 0 saturated heterocycles. The topological polar surface area (TPSA) is 114 Å². The summed E-state index contributed by atoms with van der Waals surface area (Å²) in [4.78, 5) is 45.9. The van der Waals surface area contributed by atoms with Crippen molar-refractivity contribution < 1.29 is 4.79 Å². The second kappa shape index (κ2) is 11.2. The van der Waals surface area contributed by atoms with Crippen LogP contribution >= 0.6 is 23.1 Å². The zero-order valence-corrected chi connectivity index (χ0v) is 18.8. The molecule has 0 aliphatic heterocycles. The van der Waals surface area contributed by atoms with Crippen molar-refractivity contribution in [2.75, 3.05) is 22.9 Å².